The minimum atomic E-state index is 0.649. The molecule has 3 atom stereocenters. The standard InChI is InChI=1S/C15H25BrN2S/c1-4-11(3)15-9-18(13(5-2)7-17-15)8-14-6-12(16)10-19-14/h6,10-11,13,15,17H,4-5,7-9H2,1-3H3. The van der Waals surface area contributed by atoms with Gasteiger partial charge in [0.25, 0.3) is 0 Å². The Morgan fingerprint density at radius 3 is 2.89 bits per heavy atom. The van der Waals surface area contributed by atoms with E-state index in [1.165, 1.54) is 28.7 Å². The molecule has 1 fully saturated rings. The van der Waals surface area contributed by atoms with Crippen LogP contribution >= 0.6 is 27.3 Å². The summed E-state index contributed by atoms with van der Waals surface area (Å²) in [6.45, 7) is 10.4. The van der Waals surface area contributed by atoms with Gasteiger partial charge in [0.05, 0.1) is 0 Å². The molecule has 0 aromatic carbocycles. The quantitative estimate of drug-likeness (QED) is 0.864. The Balaban J connectivity index is 2.01. The molecule has 0 spiro atoms. The van der Waals surface area contributed by atoms with E-state index in [9.17, 15) is 0 Å². The van der Waals surface area contributed by atoms with E-state index in [0.717, 1.165) is 19.0 Å². The van der Waals surface area contributed by atoms with Crippen molar-refractivity contribution in [3.05, 3.63) is 20.8 Å². The fourth-order valence-electron chi connectivity index (χ4n) is 2.78. The van der Waals surface area contributed by atoms with Crippen LogP contribution in [0.2, 0.25) is 0 Å². The van der Waals surface area contributed by atoms with Crippen LogP contribution in [0.4, 0.5) is 0 Å². The SMILES string of the molecule is CCC(C)C1CN(Cc2cc(Br)cs2)C(CC)CN1. The number of halogens is 1. The van der Waals surface area contributed by atoms with Gasteiger partial charge in [-0.25, -0.2) is 0 Å². The molecule has 1 aromatic heterocycles. The van der Waals surface area contributed by atoms with Crippen LogP contribution in [0.1, 0.15) is 38.5 Å². The van der Waals surface area contributed by atoms with E-state index in [4.69, 9.17) is 0 Å². The third kappa shape index (κ3) is 4.03. The summed E-state index contributed by atoms with van der Waals surface area (Å²) >= 11 is 5.42. The van der Waals surface area contributed by atoms with Gasteiger partial charge in [-0.1, -0.05) is 27.2 Å². The van der Waals surface area contributed by atoms with E-state index in [1.807, 2.05) is 11.3 Å². The Bertz CT molecular complexity index is 393. The van der Waals surface area contributed by atoms with Gasteiger partial charge in [-0.05, 0) is 34.3 Å². The molecule has 3 unspecified atom stereocenters. The van der Waals surface area contributed by atoms with Gasteiger partial charge in [0, 0.05) is 46.4 Å². The minimum absolute atomic E-state index is 0.649. The maximum atomic E-state index is 3.74. The molecule has 1 aliphatic rings. The summed E-state index contributed by atoms with van der Waals surface area (Å²) in [5.74, 6) is 0.760. The zero-order valence-electron chi connectivity index (χ0n) is 12.2. The lowest BCUT2D eigenvalue weighted by atomic mass is 9.95. The highest BCUT2D eigenvalue weighted by Gasteiger charge is 2.29. The van der Waals surface area contributed by atoms with Crippen molar-refractivity contribution in [3.8, 4) is 0 Å². The number of nitrogens with one attached hydrogen (secondary N) is 1. The minimum Gasteiger partial charge on any atom is -0.311 e. The fraction of sp³-hybridized carbons (Fsp3) is 0.733. The Morgan fingerprint density at radius 1 is 1.53 bits per heavy atom. The molecule has 0 saturated carbocycles. The highest BCUT2D eigenvalue weighted by atomic mass is 79.9. The number of hydrogen-bond acceptors (Lipinski definition) is 3. The van der Waals surface area contributed by atoms with Crippen LogP contribution < -0.4 is 5.32 Å². The average molecular weight is 345 g/mol. The van der Waals surface area contributed by atoms with Crippen molar-refractivity contribution in [2.75, 3.05) is 13.1 Å². The molecule has 1 aliphatic heterocycles. The molecule has 1 aromatic rings. The third-order valence-electron chi connectivity index (χ3n) is 4.35. The van der Waals surface area contributed by atoms with Gasteiger partial charge in [0.2, 0.25) is 0 Å². The van der Waals surface area contributed by atoms with Gasteiger partial charge < -0.3 is 5.32 Å². The molecule has 1 N–H and O–H groups in total. The molecular weight excluding hydrogens is 320 g/mol. The van der Waals surface area contributed by atoms with Crippen LogP contribution in [0.3, 0.4) is 0 Å². The molecule has 0 bridgehead atoms. The van der Waals surface area contributed by atoms with Crippen molar-refractivity contribution in [1.82, 2.24) is 10.2 Å². The van der Waals surface area contributed by atoms with Gasteiger partial charge in [0.15, 0.2) is 0 Å². The number of nitrogens with zero attached hydrogens (tertiary/aromatic N) is 1. The molecule has 108 valence electrons. The molecule has 0 aliphatic carbocycles. The molecule has 2 rings (SSSR count). The first kappa shape index (κ1) is 15.5. The Hall–Kier alpha value is 0.1000. The lowest BCUT2D eigenvalue weighted by molar-refractivity contribution is 0.100. The maximum Gasteiger partial charge on any atom is 0.0332 e. The maximum absolute atomic E-state index is 3.74. The molecular formula is C15H25BrN2S. The first-order valence-electron chi connectivity index (χ1n) is 7.34. The van der Waals surface area contributed by atoms with Crippen LogP contribution in [0.15, 0.2) is 15.9 Å². The van der Waals surface area contributed by atoms with Gasteiger partial charge in [-0.3, -0.25) is 4.90 Å². The highest BCUT2D eigenvalue weighted by Crippen LogP contribution is 2.24. The summed E-state index contributed by atoms with van der Waals surface area (Å²) in [4.78, 5) is 4.14. The zero-order valence-corrected chi connectivity index (χ0v) is 14.6. The van der Waals surface area contributed by atoms with Crippen molar-refractivity contribution in [2.45, 2.75) is 52.2 Å². The Labute approximate surface area is 129 Å². The van der Waals surface area contributed by atoms with Gasteiger partial charge in [-0.2, -0.15) is 0 Å². The van der Waals surface area contributed by atoms with E-state index < -0.39 is 0 Å². The predicted molar refractivity (Wildman–Crippen MR) is 87.8 cm³/mol. The van der Waals surface area contributed by atoms with Gasteiger partial charge in [0.1, 0.15) is 0 Å². The van der Waals surface area contributed by atoms with E-state index in [2.05, 4.69) is 58.4 Å². The monoisotopic (exact) mass is 344 g/mol. The lowest BCUT2D eigenvalue weighted by Gasteiger charge is -2.42. The third-order valence-corrected chi connectivity index (χ3v) is 6.03. The molecule has 2 heterocycles. The van der Waals surface area contributed by atoms with Crippen molar-refractivity contribution < 1.29 is 0 Å². The summed E-state index contributed by atoms with van der Waals surface area (Å²) in [5.41, 5.74) is 0. The molecule has 0 radical (unpaired) electrons. The first-order chi connectivity index (χ1) is 9.13. The summed E-state index contributed by atoms with van der Waals surface area (Å²) in [6, 6.07) is 3.59. The van der Waals surface area contributed by atoms with E-state index >= 15 is 0 Å². The van der Waals surface area contributed by atoms with Gasteiger partial charge >= 0.3 is 0 Å². The second-order valence-electron chi connectivity index (χ2n) is 5.62. The summed E-state index contributed by atoms with van der Waals surface area (Å²) in [5, 5.41) is 5.93. The smallest absolute Gasteiger partial charge is 0.0332 e. The summed E-state index contributed by atoms with van der Waals surface area (Å²) in [6.07, 6.45) is 2.49. The fourth-order valence-corrected chi connectivity index (χ4v) is 4.26. The van der Waals surface area contributed by atoms with Crippen LogP contribution in [-0.2, 0) is 6.54 Å². The normalized spacial score (nSPS) is 26.5. The van der Waals surface area contributed by atoms with E-state index in [-0.39, 0.29) is 0 Å². The highest BCUT2D eigenvalue weighted by molar-refractivity contribution is 9.10. The van der Waals surface area contributed by atoms with Crippen LogP contribution in [0, 0.1) is 5.92 Å². The predicted octanol–water partition coefficient (Wildman–Crippen LogP) is 4.11. The van der Waals surface area contributed by atoms with E-state index in [1.54, 1.807) is 0 Å². The number of hydrogen-bond donors (Lipinski definition) is 1. The Morgan fingerprint density at radius 2 is 2.32 bits per heavy atom. The van der Waals surface area contributed by atoms with Crippen LogP contribution in [-0.4, -0.2) is 30.1 Å². The van der Waals surface area contributed by atoms with Crippen LogP contribution in [0.5, 0.6) is 0 Å². The van der Waals surface area contributed by atoms with Crippen LogP contribution in [0.25, 0.3) is 0 Å². The van der Waals surface area contributed by atoms with Crippen molar-refractivity contribution in [2.24, 2.45) is 5.92 Å². The second-order valence-corrected chi connectivity index (χ2v) is 7.53. The first-order valence-corrected chi connectivity index (χ1v) is 9.01. The second kappa shape index (κ2) is 7.21. The molecule has 19 heavy (non-hydrogen) atoms. The zero-order chi connectivity index (χ0) is 13.8. The average Bonchev–Trinajstić information content (AvgIpc) is 2.83. The Kier molecular flexibility index (Phi) is 5.87. The number of piperazine rings is 1. The summed E-state index contributed by atoms with van der Waals surface area (Å²) < 4.78 is 1.22. The van der Waals surface area contributed by atoms with Gasteiger partial charge in [-0.15, -0.1) is 11.3 Å². The lowest BCUT2D eigenvalue weighted by Crippen LogP contribution is -2.57. The topological polar surface area (TPSA) is 15.3 Å². The van der Waals surface area contributed by atoms with Crippen molar-refractivity contribution in [1.29, 1.82) is 0 Å². The summed E-state index contributed by atoms with van der Waals surface area (Å²) in [7, 11) is 0. The molecule has 1 saturated heterocycles. The largest absolute Gasteiger partial charge is 0.311 e. The number of rotatable bonds is 5. The van der Waals surface area contributed by atoms with E-state index in [0.29, 0.717) is 12.1 Å². The molecule has 4 heteroatoms. The number of thiophene rings is 1. The van der Waals surface area contributed by atoms with Crippen molar-refractivity contribution >= 4 is 27.3 Å². The molecule has 0 amide bonds. The van der Waals surface area contributed by atoms with Crippen molar-refractivity contribution in [3.63, 3.8) is 0 Å². The molecule has 2 nitrogen and oxygen atoms in total.